The van der Waals surface area contributed by atoms with Crippen LogP contribution in [0, 0.1) is 11.6 Å². The molecule has 2 unspecified atom stereocenters. The lowest BCUT2D eigenvalue weighted by molar-refractivity contribution is 0.0719. The van der Waals surface area contributed by atoms with Crippen LogP contribution in [0.5, 0.6) is 23.0 Å². The number of carbonyl (C=O) groups is 2. The number of ether oxygens (including phenoxy) is 8. The second-order valence-electron chi connectivity index (χ2n) is 13.5. The lowest BCUT2D eigenvalue weighted by Gasteiger charge is -2.11. The van der Waals surface area contributed by atoms with E-state index in [0.29, 0.717) is 51.1 Å². The van der Waals surface area contributed by atoms with E-state index in [1.54, 1.807) is 24.3 Å². The van der Waals surface area contributed by atoms with Gasteiger partial charge in [-0.25, -0.2) is 18.4 Å². The van der Waals surface area contributed by atoms with Crippen LogP contribution in [0.1, 0.15) is 70.4 Å². The van der Waals surface area contributed by atoms with E-state index in [-0.39, 0.29) is 40.8 Å². The molecule has 2 aliphatic heterocycles. The summed E-state index contributed by atoms with van der Waals surface area (Å²) in [5.74, 6) is -2.14. The van der Waals surface area contributed by atoms with Crippen LogP contribution in [0.2, 0.25) is 0 Å². The molecule has 3 aliphatic rings. The number of hydrogen-bond donors (Lipinski definition) is 0. The minimum absolute atomic E-state index is 0.147. The van der Waals surface area contributed by atoms with Gasteiger partial charge in [0.2, 0.25) is 0 Å². The van der Waals surface area contributed by atoms with E-state index in [9.17, 15) is 18.4 Å². The van der Waals surface area contributed by atoms with E-state index in [0.717, 1.165) is 61.2 Å². The van der Waals surface area contributed by atoms with Crippen molar-refractivity contribution in [3.8, 4) is 34.1 Å². The van der Waals surface area contributed by atoms with Crippen molar-refractivity contribution in [3.05, 3.63) is 107 Å². The highest BCUT2D eigenvalue weighted by Gasteiger charge is 2.28. The normalized spacial score (nSPS) is 17.7. The van der Waals surface area contributed by atoms with Gasteiger partial charge in [0.25, 0.3) is 0 Å². The van der Waals surface area contributed by atoms with E-state index >= 15 is 0 Å². The monoisotopic (exact) mass is 744 g/mol. The largest absolute Gasteiger partial charge is 0.493 e. The Morgan fingerprint density at radius 1 is 0.593 bits per heavy atom. The third-order valence-electron chi connectivity index (χ3n) is 9.33. The molecule has 0 bridgehead atoms. The number of unbranched alkanes of at least 4 members (excludes halogenated alkanes) is 2. The predicted molar refractivity (Wildman–Crippen MR) is 193 cm³/mol. The van der Waals surface area contributed by atoms with Crippen molar-refractivity contribution in [1.82, 2.24) is 0 Å². The fraction of sp³-hybridized carbons (Fsp3) is 0.381. The highest BCUT2D eigenvalue weighted by Crippen LogP contribution is 2.47. The van der Waals surface area contributed by atoms with E-state index < -0.39 is 23.6 Å². The van der Waals surface area contributed by atoms with Crippen LogP contribution >= 0.6 is 0 Å². The minimum Gasteiger partial charge on any atom is -0.493 e. The molecule has 2 saturated heterocycles. The highest BCUT2D eigenvalue weighted by molar-refractivity contribution is 5.93. The van der Waals surface area contributed by atoms with Gasteiger partial charge in [-0.2, -0.15) is 0 Å². The summed E-state index contributed by atoms with van der Waals surface area (Å²) in [5, 5.41) is 0. The van der Waals surface area contributed by atoms with Crippen LogP contribution in [-0.4, -0.2) is 77.0 Å². The zero-order valence-electron chi connectivity index (χ0n) is 30.0. The van der Waals surface area contributed by atoms with Gasteiger partial charge in [-0.3, -0.25) is 0 Å². The highest BCUT2D eigenvalue weighted by atomic mass is 19.1. The molecule has 2 atom stereocenters. The van der Waals surface area contributed by atoms with Crippen molar-refractivity contribution < 1.29 is 56.3 Å². The number of fused-ring (bicyclic) bond motifs is 3. The summed E-state index contributed by atoms with van der Waals surface area (Å²) in [6.45, 7) is 6.71. The average molecular weight is 745 g/mol. The molecule has 0 radical (unpaired) electrons. The van der Waals surface area contributed by atoms with Crippen molar-refractivity contribution in [2.45, 2.75) is 50.7 Å². The van der Waals surface area contributed by atoms with Gasteiger partial charge in [0.05, 0.1) is 50.8 Å². The first kappa shape index (κ1) is 37.4. The molecule has 12 heteroatoms. The minimum atomic E-state index is -0.833. The molecular weight excluding hydrogens is 702 g/mol. The van der Waals surface area contributed by atoms with E-state index in [2.05, 4.69) is 0 Å². The summed E-state index contributed by atoms with van der Waals surface area (Å²) in [6.07, 6.45) is 3.56. The molecule has 0 aromatic heterocycles. The number of rotatable bonds is 20. The molecular formula is C42H42F2O10. The van der Waals surface area contributed by atoms with Crippen molar-refractivity contribution in [2.75, 3.05) is 52.9 Å². The Labute approximate surface area is 312 Å². The third kappa shape index (κ3) is 9.80. The van der Waals surface area contributed by atoms with E-state index in [4.69, 9.17) is 37.9 Å². The summed E-state index contributed by atoms with van der Waals surface area (Å²) < 4.78 is 73.5. The molecule has 2 fully saturated rings. The standard InChI is InChI=1S/C42H42F2O10/c1-26-37-18-29(53-41(45)35-12-6-27(20-39(35)43)49-16-4-2-14-47-22-31-24-51-31)8-10-33(37)34-11-9-30(19-38(26)34)54-42(46)36-13-7-28(21-40(36)44)50-17-5-3-15-48-23-32-25-52-32/h6-13,18-21,26,31-32H,2-5,14-17,22-25H2,1H3. The fourth-order valence-electron chi connectivity index (χ4n) is 6.16. The number of benzene rings is 4. The second-order valence-corrected chi connectivity index (χ2v) is 13.5. The van der Waals surface area contributed by atoms with Gasteiger partial charge in [-0.1, -0.05) is 19.1 Å². The average Bonchev–Trinajstić information content (AvgIpc) is 4.11. The maximum atomic E-state index is 14.9. The van der Waals surface area contributed by atoms with Crippen molar-refractivity contribution >= 4 is 11.9 Å². The predicted octanol–water partition coefficient (Wildman–Crippen LogP) is 7.68. The van der Waals surface area contributed by atoms with Crippen LogP contribution in [0.25, 0.3) is 11.1 Å². The molecule has 7 rings (SSSR count). The number of carbonyl (C=O) groups excluding carboxylic acids is 2. The topological polar surface area (TPSA) is 115 Å². The van der Waals surface area contributed by atoms with E-state index in [1.807, 2.05) is 19.1 Å². The summed E-state index contributed by atoms with van der Waals surface area (Å²) in [7, 11) is 0. The Morgan fingerprint density at radius 3 is 1.41 bits per heavy atom. The fourth-order valence-corrected chi connectivity index (χ4v) is 6.16. The van der Waals surface area contributed by atoms with Gasteiger partial charge < -0.3 is 37.9 Å². The first-order valence-corrected chi connectivity index (χ1v) is 18.3. The van der Waals surface area contributed by atoms with E-state index in [1.165, 1.54) is 36.4 Å². The van der Waals surface area contributed by atoms with Gasteiger partial charge in [-0.05, 0) is 96.5 Å². The molecule has 4 aromatic carbocycles. The van der Waals surface area contributed by atoms with Crippen molar-refractivity contribution in [2.24, 2.45) is 0 Å². The van der Waals surface area contributed by atoms with Crippen molar-refractivity contribution in [3.63, 3.8) is 0 Å². The van der Waals surface area contributed by atoms with Crippen LogP contribution < -0.4 is 18.9 Å². The van der Waals surface area contributed by atoms with Crippen molar-refractivity contribution in [1.29, 1.82) is 0 Å². The summed E-state index contributed by atoms with van der Waals surface area (Å²) in [4.78, 5) is 25.9. The Balaban J connectivity index is 0.892. The molecule has 10 nitrogen and oxygen atoms in total. The van der Waals surface area contributed by atoms with Gasteiger partial charge >= 0.3 is 11.9 Å². The second kappa shape index (κ2) is 17.5. The first-order chi connectivity index (χ1) is 26.3. The van der Waals surface area contributed by atoms with Crippen LogP contribution in [0.15, 0.2) is 72.8 Å². The smallest absolute Gasteiger partial charge is 0.346 e. The van der Waals surface area contributed by atoms with Gasteiger partial charge in [0.15, 0.2) is 0 Å². The molecule has 54 heavy (non-hydrogen) atoms. The SMILES string of the molecule is CC1c2cc(OC(=O)c3ccc(OCCCCOCC4CO4)cc3F)ccc2-c2ccc(OC(=O)c3ccc(OCCCCOCC4CO4)cc3F)cc21. The van der Waals surface area contributed by atoms with Gasteiger partial charge in [0.1, 0.15) is 46.8 Å². The lowest BCUT2D eigenvalue weighted by atomic mass is 9.99. The Bertz CT molecular complexity index is 1820. The Kier molecular flexibility index (Phi) is 12.1. The van der Waals surface area contributed by atoms with Crippen LogP contribution in [-0.2, 0) is 18.9 Å². The quantitative estimate of drug-likeness (QED) is 0.0386. The molecule has 284 valence electrons. The summed E-state index contributed by atoms with van der Waals surface area (Å²) in [6, 6.07) is 18.6. The molecule has 4 aromatic rings. The maximum Gasteiger partial charge on any atom is 0.346 e. The number of esters is 2. The molecule has 0 spiro atoms. The molecule has 0 amide bonds. The number of epoxide rings is 2. The van der Waals surface area contributed by atoms with Gasteiger partial charge in [0, 0.05) is 31.3 Å². The summed E-state index contributed by atoms with van der Waals surface area (Å²) >= 11 is 0. The zero-order valence-corrected chi connectivity index (χ0v) is 30.0. The molecule has 0 saturated carbocycles. The summed E-state index contributed by atoms with van der Waals surface area (Å²) in [5.41, 5.74) is 3.20. The zero-order chi connectivity index (χ0) is 37.4. The molecule has 1 aliphatic carbocycles. The number of hydrogen-bond acceptors (Lipinski definition) is 10. The molecule has 0 N–H and O–H groups in total. The number of halogens is 2. The molecule has 2 heterocycles. The first-order valence-electron chi connectivity index (χ1n) is 18.3. The maximum absolute atomic E-state index is 14.9. The lowest BCUT2D eigenvalue weighted by Crippen LogP contribution is -2.11. The Hall–Kier alpha value is -4.88. The van der Waals surface area contributed by atoms with Gasteiger partial charge in [-0.15, -0.1) is 0 Å². The third-order valence-corrected chi connectivity index (χ3v) is 9.33. The Morgan fingerprint density at radius 2 is 1.00 bits per heavy atom. The van der Waals surface area contributed by atoms with Crippen LogP contribution in [0.3, 0.4) is 0 Å². The van der Waals surface area contributed by atoms with Crippen LogP contribution in [0.4, 0.5) is 8.78 Å².